The number of benzene rings is 2. The van der Waals surface area contributed by atoms with Gasteiger partial charge >= 0.3 is 0 Å². The van der Waals surface area contributed by atoms with Crippen LogP contribution >= 0.6 is 0 Å². The second kappa shape index (κ2) is 7.56. The predicted molar refractivity (Wildman–Crippen MR) is 102 cm³/mol. The topological polar surface area (TPSA) is 46.9 Å². The molecule has 3 aromatic rings. The third-order valence-electron chi connectivity index (χ3n) is 5.10. The van der Waals surface area contributed by atoms with E-state index in [0.29, 0.717) is 6.54 Å². The molecule has 0 radical (unpaired) electrons. The van der Waals surface area contributed by atoms with Crippen molar-refractivity contribution < 1.29 is 4.79 Å². The second-order valence-corrected chi connectivity index (χ2v) is 6.80. The van der Waals surface area contributed by atoms with E-state index in [1.54, 1.807) is 6.20 Å². The number of carbonyl (C=O) groups excluding carboxylic acids is 1. The van der Waals surface area contributed by atoms with Gasteiger partial charge in [-0.3, -0.25) is 4.79 Å². The normalized spacial score (nSPS) is 16.1. The van der Waals surface area contributed by atoms with Gasteiger partial charge in [0.15, 0.2) is 0 Å². The summed E-state index contributed by atoms with van der Waals surface area (Å²) in [6.45, 7) is 0.665. The molecule has 4 rings (SSSR count). The first-order chi connectivity index (χ1) is 12.8. The van der Waals surface area contributed by atoms with Gasteiger partial charge in [0.05, 0.1) is 11.6 Å². The van der Waals surface area contributed by atoms with Gasteiger partial charge in [-0.05, 0) is 60.6 Å². The number of amides is 1. The van der Waals surface area contributed by atoms with Crippen LogP contribution in [0.15, 0.2) is 67.0 Å². The number of carbonyl (C=O) groups is 1. The van der Waals surface area contributed by atoms with Gasteiger partial charge in [-0.2, -0.15) is 5.10 Å². The van der Waals surface area contributed by atoms with E-state index in [9.17, 15) is 4.79 Å². The van der Waals surface area contributed by atoms with Crippen LogP contribution in [-0.2, 0) is 17.6 Å². The number of fused-ring (bicyclic) bond motifs is 1. The quantitative estimate of drug-likeness (QED) is 0.767. The summed E-state index contributed by atoms with van der Waals surface area (Å²) in [5.41, 5.74) is 4.79. The number of rotatable bonds is 5. The third-order valence-corrected chi connectivity index (χ3v) is 5.10. The summed E-state index contributed by atoms with van der Waals surface area (Å²) in [4.78, 5) is 12.6. The maximum absolute atomic E-state index is 12.6. The maximum atomic E-state index is 12.6. The van der Waals surface area contributed by atoms with Gasteiger partial charge in [0.1, 0.15) is 0 Å². The highest BCUT2D eigenvalue weighted by Gasteiger charge is 2.25. The summed E-state index contributed by atoms with van der Waals surface area (Å²) in [5, 5.41) is 7.36. The zero-order valence-corrected chi connectivity index (χ0v) is 14.8. The Morgan fingerprint density at radius 2 is 1.96 bits per heavy atom. The molecule has 132 valence electrons. The molecule has 1 aliphatic rings. The highest BCUT2D eigenvalue weighted by molar-refractivity contribution is 5.84. The van der Waals surface area contributed by atoms with Gasteiger partial charge in [0.2, 0.25) is 5.91 Å². The first-order valence-electron chi connectivity index (χ1n) is 9.26. The van der Waals surface area contributed by atoms with Crippen LogP contribution in [0.25, 0.3) is 5.69 Å². The summed E-state index contributed by atoms with van der Waals surface area (Å²) in [7, 11) is 0. The molecule has 4 nitrogen and oxygen atoms in total. The zero-order valence-electron chi connectivity index (χ0n) is 14.8. The van der Waals surface area contributed by atoms with Crippen molar-refractivity contribution in [2.75, 3.05) is 6.54 Å². The molecule has 1 unspecified atom stereocenters. The molecule has 0 spiro atoms. The highest BCUT2D eigenvalue weighted by atomic mass is 16.1. The highest BCUT2D eigenvalue weighted by Crippen LogP contribution is 2.31. The smallest absolute Gasteiger partial charge is 0.227 e. The molecule has 1 heterocycles. The van der Waals surface area contributed by atoms with Crippen molar-refractivity contribution in [3.05, 3.63) is 83.7 Å². The minimum atomic E-state index is 0.00198. The van der Waals surface area contributed by atoms with Crippen molar-refractivity contribution in [1.82, 2.24) is 15.1 Å². The number of nitrogens with one attached hydrogen (secondary N) is 1. The lowest BCUT2D eigenvalue weighted by Gasteiger charge is -2.24. The lowest BCUT2D eigenvalue weighted by atomic mass is 9.82. The van der Waals surface area contributed by atoms with E-state index < -0.39 is 0 Å². The van der Waals surface area contributed by atoms with Crippen molar-refractivity contribution in [3.63, 3.8) is 0 Å². The van der Waals surface area contributed by atoms with Gasteiger partial charge in [-0.15, -0.1) is 0 Å². The van der Waals surface area contributed by atoms with E-state index in [0.717, 1.165) is 31.4 Å². The Balaban J connectivity index is 1.33. The standard InChI is InChI=1S/C22H23N3O/c26-22(21-8-3-6-18-5-1-2-7-20(18)21)23-15-13-17-9-11-19(12-10-17)25-16-4-14-24-25/h1-2,4-5,7,9-12,14,16,21H,3,6,8,13,15H2,(H,23,26). The van der Waals surface area contributed by atoms with Gasteiger partial charge in [-0.1, -0.05) is 36.4 Å². The molecule has 0 saturated heterocycles. The van der Waals surface area contributed by atoms with Gasteiger partial charge < -0.3 is 5.32 Å². The molecule has 1 N–H and O–H groups in total. The van der Waals surface area contributed by atoms with Crippen molar-refractivity contribution in [1.29, 1.82) is 0 Å². The fourth-order valence-electron chi connectivity index (χ4n) is 3.72. The summed E-state index contributed by atoms with van der Waals surface area (Å²) >= 11 is 0. The fourth-order valence-corrected chi connectivity index (χ4v) is 3.72. The Morgan fingerprint density at radius 3 is 2.77 bits per heavy atom. The van der Waals surface area contributed by atoms with Crippen LogP contribution in [0.5, 0.6) is 0 Å². The zero-order chi connectivity index (χ0) is 17.8. The fraction of sp³-hybridized carbons (Fsp3) is 0.273. The lowest BCUT2D eigenvalue weighted by Crippen LogP contribution is -2.32. The van der Waals surface area contributed by atoms with Crippen molar-refractivity contribution in [2.24, 2.45) is 0 Å². The largest absolute Gasteiger partial charge is 0.355 e. The Kier molecular flexibility index (Phi) is 4.82. The molecule has 1 amide bonds. The van der Waals surface area contributed by atoms with Crippen LogP contribution in [0.2, 0.25) is 0 Å². The first-order valence-corrected chi connectivity index (χ1v) is 9.26. The molecule has 0 fully saturated rings. The summed E-state index contributed by atoms with van der Waals surface area (Å²) in [6.07, 6.45) is 7.65. The minimum Gasteiger partial charge on any atom is -0.355 e. The van der Waals surface area contributed by atoms with Crippen LogP contribution in [-0.4, -0.2) is 22.2 Å². The summed E-state index contributed by atoms with van der Waals surface area (Å²) in [6, 6.07) is 18.6. The van der Waals surface area contributed by atoms with Crippen LogP contribution < -0.4 is 5.32 Å². The Hall–Kier alpha value is -2.88. The van der Waals surface area contributed by atoms with Crippen molar-refractivity contribution >= 4 is 5.91 Å². The minimum absolute atomic E-state index is 0.00198. The predicted octanol–water partition coefficient (Wildman–Crippen LogP) is 3.65. The number of hydrogen-bond donors (Lipinski definition) is 1. The van der Waals surface area contributed by atoms with Crippen molar-refractivity contribution in [2.45, 2.75) is 31.6 Å². The number of nitrogens with zero attached hydrogens (tertiary/aromatic N) is 2. The Morgan fingerprint density at radius 1 is 1.12 bits per heavy atom. The molecular formula is C22H23N3O. The van der Waals surface area contributed by atoms with Gasteiger partial charge in [-0.25, -0.2) is 4.68 Å². The van der Waals surface area contributed by atoms with Crippen molar-refractivity contribution in [3.8, 4) is 5.69 Å². The van der Waals surface area contributed by atoms with E-state index in [4.69, 9.17) is 0 Å². The molecular weight excluding hydrogens is 322 g/mol. The number of hydrogen-bond acceptors (Lipinski definition) is 2. The molecule has 0 aliphatic heterocycles. The van der Waals surface area contributed by atoms with Crippen LogP contribution in [0.1, 0.15) is 35.4 Å². The SMILES string of the molecule is O=C(NCCc1ccc(-n2cccn2)cc1)C1CCCc2ccccc21. The molecule has 0 bridgehead atoms. The van der Waals surface area contributed by atoms with Crippen LogP contribution in [0.3, 0.4) is 0 Å². The molecule has 26 heavy (non-hydrogen) atoms. The Labute approximate surface area is 153 Å². The first kappa shape index (κ1) is 16.6. The molecule has 0 saturated carbocycles. The molecule has 2 aromatic carbocycles. The van der Waals surface area contributed by atoms with E-state index in [1.165, 1.54) is 16.7 Å². The van der Waals surface area contributed by atoms with E-state index in [2.05, 4.69) is 52.9 Å². The van der Waals surface area contributed by atoms with E-state index >= 15 is 0 Å². The molecule has 4 heteroatoms. The summed E-state index contributed by atoms with van der Waals surface area (Å²) in [5.74, 6) is 0.160. The average Bonchev–Trinajstić information content (AvgIpc) is 3.23. The number of aryl methyl sites for hydroxylation is 1. The average molecular weight is 345 g/mol. The molecule has 1 aliphatic carbocycles. The third kappa shape index (κ3) is 3.54. The summed E-state index contributed by atoms with van der Waals surface area (Å²) < 4.78 is 1.84. The van der Waals surface area contributed by atoms with Crippen LogP contribution in [0.4, 0.5) is 0 Å². The Bertz CT molecular complexity index is 869. The van der Waals surface area contributed by atoms with E-state index in [1.807, 2.05) is 23.0 Å². The molecule has 1 atom stereocenters. The van der Waals surface area contributed by atoms with Gasteiger partial charge in [0.25, 0.3) is 0 Å². The van der Waals surface area contributed by atoms with E-state index in [-0.39, 0.29) is 11.8 Å². The monoisotopic (exact) mass is 345 g/mol. The molecule has 1 aromatic heterocycles. The second-order valence-electron chi connectivity index (χ2n) is 6.80. The lowest BCUT2D eigenvalue weighted by molar-refractivity contribution is -0.122. The number of aromatic nitrogens is 2. The maximum Gasteiger partial charge on any atom is 0.227 e. The van der Waals surface area contributed by atoms with Gasteiger partial charge in [0, 0.05) is 18.9 Å². The van der Waals surface area contributed by atoms with Crippen LogP contribution in [0, 0.1) is 0 Å².